The average Bonchev–Trinajstić information content (AvgIpc) is 3.54. The van der Waals surface area contributed by atoms with Crippen LogP contribution in [0.3, 0.4) is 0 Å². The number of esters is 1. The van der Waals surface area contributed by atoms with Crippen molar-refractivity contribution in [3.05, 3.63) is 87.9 Å². The molecule has 0 aliphatic rings. The SMILES string of the molecule is CCOC(=O)c1c(-c2ccccc2)csc1NC(=O)CSc1cccc(NC(=O)c2cccs2)c1. The Kier molecular flexibility index (Phi) is 8.36. The number of thioether (sulfide) groups is 1. The lowest BCUT2D eigenvalue weighted by atomic mass is 10.0. The van der Waals surface area contributed by atoms with E-state index in [4.69, 9.17) is 4.74 Å². The van der Waals surface area contributed by atoms with Gasteiger partial charge in [0.2, 0.25) is 5.91 Å². The normalized spacial score (nSPS) is 10.5. The van der Waals surface area contributed by atoms with Crippen LogP contribution in [-0.2, 0) is 9.53 Å². The van der Waals surface area contributed by atoms with Crippen molar-refractivity contribution in [3.8, 4) is 11.1 Å². The van der Waals surface area contributed by atoms with E-state index in [0.717, 1.165) is 16.0 Å². The molecule has 2 heterocycles. The van der Waals surface area contributed by atoms with Crippen molar-refractivity contribution in [2.75, 3.05) is 23.0 Å². The first-order valence-corrected chi connectivity index (χ1v) is 13.5. The van der Waals surface area contributed by atoms with Gasteiger partial charge in [-0.25, -0.2) is 4.79 Å². The molecule has 0 unspecified atom stereocenters. The predicted octanol–water partition coefficient (Wildman–Crippen LogP) is 6.64. The maximum absolute atomic E-state index is 12.7. The van der Waals surface area contributed by atoms with Gasteiger partial charge in [-0.3, -0.25) is 9.59 Å². The zero-order chi connectivity index (χ0) is 24.6. The molecule has 0 fully saturated rings. The topological polar surface area (TPSA) is 84.5 Å². The molecule has 0 aliphatic heterocycles. The number of thiophene rings is 2. The summed E-state index contributed by atoms with van der Waals surface area (Å²) in [6.45, 7) is 1.99. The summed E-state index contributed by atoms with van der Waals surface area (Å²) in [5.74, 6) is -0.735. The van der Waals surface area contributed by atoms with Gasteiger partial charge in [0.05, 0.1) is 17.2 Å². The summed E-state index contributed by atoms with van der Waals surface area (Å²) in [5.41, 5.74) is 2.62. The van der Waals surface area contributed by atoms with Crippen molar-refractivity contribution in [1.82, 2.24) is 0 Å². The molecule has 9 heteroatoms. The molecule has 0 radical (unpaired) electrons. The molecule has 4 rings (SSSR count). The first kappa shape index (κ1) is 24.7. The van der Waals surface area contributed by atoms with Crippen molar-refractivity contribution in [2.45, 2.75) is 11.8 Å². The van der Waals surface area contributed by atoms with Crippen molar-refractivity contribution in [3.63, 3.8) is 0 Å². The zero-order valence-electron chi connectivity index (χ0n) is 18.8. The maximum Gasteiger partial charge on any atom is 0.341 e. The smallest absolute Gasteiger partial charge is 0.341 e. The Balaban J connectivity index is 1.42. The van der Waals surface area contributed by atoms with E-state index in [2.05, 4.69) is 10.6 Å². The molecule has 4 aromatic rings. The Morgan fingerprint density at radius 2 is 1.77 bits per heavy atom. The van der Waals surface area contributed by atoms with Gasteiger partial charge >= 0.3 is 5.97 Å². The molecule has 2 amide bonds. The predicted molar refractivity (Wildman–Crippen MR) is 144 cm³/mol. The number of nitrogens with one attached hydrogen (secondary N) is 2. The van der Waals surface area contributed by atoms with Gasteiger partial charge in [0.25, 0.3) is 5.91 Å². The Morgan fingerprint density at radius 3 is 2.51 bits per heavy atom. The summed E-state index contributed by atoms with van der Waals surface area (Å²) in [6.07, 6.45) is 0. The van der Waals surface area contributed by atoms with Crippen LogP contribution in [0.15, 0.2) is 82.4 Å². The Hall–Kier alpha value is -3.40. The maximum atomic E-state index is 12.7. The Labute approximate surface area is 215 Å². The van der Waals surface area contributed by atoms with Gasteiger partial charge in [0, 0.05) is 21.5 Å². The summed E-state index contributed by atoms with van der Waals surface area (Å²) in [7, 11) is 0. The van der Waals surface area contributed by atoms with Crippen LogP contribution in [0, 0.1) is 0 Å². The van der Waals surface area contributed by atoms with Crippen LogP contribution >= 0.6 is 34.4 Å². The quantitative estimate of drug-likeness (QED) is 0.190. The Bertz CT molecular complexity index is 1320. The summed E-state index contributed by atoms with van der Waals surface area (Å²) < 4.78 is 5.25. The van der Waals surface area contributed by atoms with Crippen LogP contribution in [0.1, 0.15) is 27.0 Å². The van der Waals surface area contributed by atoms with E-state index in [1.807, 2.05) is 65.4 Å². The number of carbonyl (C=O) groups is 3. The number of ether oxygens (including phenoxy) is 1. The molecule has 2 aromatic heterocycles. The van der Waals surface area contributed by atoms with E-state index in [1.165, 1.54) is 34.4 Å². The van der Waals surface area contributed by atoms with E-state index < -0.39 is 5.97 Å². The van der Waals surface area contributed by atoms with Crippen LogP contribution in [0.4, 0.5) is 10.7 Å². The van der Waals surface area contributed by atoms with Crippen LogP contribution < -0.4 is 10.6 Å². The fraction of sp³-hybridized carbons (Fsp3) is 0.115. The van der Waals surface area contributed by atoms with Gasteiger partial charge < -0.3 is 15.4 Å². The van der Waals surface area contributed by atoms with Gasteiger partial charge in [-0.1, -0.05) is 42.5 Å². The molecule has 35 heavy (non-hydrogen) atoms. The van der Waals surface area contributed by atoms with Crippen LogP contribution in [0.5, 0.6) is 0 Å². The highest BCUT2D eigenvalue weighted by Crippen LogP contribution is 2.36. The molecule has 2 aromatic carbocycles. The van der Waals surface area contributed by atoms with Gasteiger partial charge in [-0.2, -0.15) is 0 Å². The lowest BCUT2D eigenvalue weighted by Crippen LogP contribution is -2.16. The van der Waals surface area contributed by atoms with Crippen LogP contribution in [0.25, 0.3) is 11.1 Å². The minimum atomic E-state index is -0.468. The minimum absolute atomic E-state index is 0.142. The van der Waals surface area contributed by atoms with Gasteiger partial charge in [0.15, 0.2) is 0 Å². The Morgan fingerprint density at radius 1 is 0.943 bits per heavy atom. The van der Waals surface area contributed by atoms with E-state index >= 15 is 0 Å². The molecule has 2 N–H and O–H groups in total. The monoisotopic (exact) mass is 522 g/mol. The first-order valence-electron chi connectivity index (χ1n) is 10.8. The summed E-state index contributed by atoms with van der Waals surface area (Å²) in [4.78, 5) is 39.2. The highest BCUT2D eigenvalue weighted by Gasteiger charge is 2.22. The summed E-state index contributed by atoms with van der Waals surface area (Å²) in [6, 6.07) is 20.5. The van der Waals surface area contributed by atoms with Gasteiger partial charge in [0.1, 0.15) is 10.6 Å². The zero-order valence-corrected chi connectivity index (χ0v) is 21.2. The van der Waals surface area contributed by atoms with Crippen LogP contribution in [-0.4, -0.2) is 30.1 Å². The molecule has 0 saturated carbocycles. The van der Waals surface area contributed by atoms with Crippen molar-refractivity contribution < 1.29 is 19.1 Å². The van der Waals surface area contributed by atoms with Crippen LogP contribution in [0.2, 0.25) is 0 Å². The molecular formula is C26H22N2O4S3. The van der Waals surface area contributed by atoms with Crippen molar-refractivity contribution >= 4 is 62.9 Å². The molecule has 0 atom stereocenters. The largest absolute Gasteiger partial charge is 0.462 e. The lowest BCUT2D eigenvalue weighted by molar-refractivity contribution is -0.113. The second kappa shape index (κ2) is 11.8. The molecule has 0 aliphatic carbocycles. The average molecular weight is 523 g/mol. The fourth-order valence-electron chi connectivity index (χ4n) is 3.26. The highest BCUT2D eigenvalue weighted by molar-refractivity contribution is 8.00. The third-order valence-corrected chi connectivity index (χ3v) is 7.57. The molecule has 0 saturated heterocycles. The highest BCUT2D eigenvalue weighted by atomic mass is 32.2. The van der Waals surface area contributed by atoms with E-state index in [1.54, 1.807) is 19.1 Å². The number of rotatable bonds is 9. The third kappa shape index (κ3) is 6.39. The number of benzene rings is 2. The van der Waals surface area contributed by atoms with Crippen molar-refractivity contribution in [1.29, 1.82) is 0 Å². The van der Waals surface area contributed by atoms with Gasteiger partial charge in [-0.05, 0) is 42.1 Å². The van der Waals surface area contributed by atoms with Gasteiger partial charge in [-0.15, -0.1) is 34.4 Å². The molecule has 6 nitrogen and oxygen atoms in total. The number of hydrogen-bond acceptors (Lipinski definition) is 7. The lowest BCUT2D eigenvalue weighted by Gasteiger charge is -2.09. The van der Waals surface area contributed by atoms with E-state index in [-0.39, 0.29) is 24.2 Å². The molecule has 0 bridgehead atoms. The first-order chi connectivity index (χ1) is 17.0. The van der Waals surface area contributed by atoms with E-state index in [0.29, 0.717) is 21.1 Å². The standard InChI is InChI=1S/C26H22N2O4S3/c1-2-32-26(31)23-20(17-8-4-3-5-9-17)15-35-25(23)28-22(29)16-34-19-11-6-10-18(14-19)27-24(30)21-12-7-13-33-21/h3-15H,2,16H2,1H3,(H,27,30)(H,28,29). The summed E-state index contributed by atoms with van der Waals surface area (Å²) in [5, 5.41) is 9.90. The molecular weight excluding hydrogens is 500 g/mol. The third-order valence-electron chi connectivity index (χ3n) is 4.82. The number of hydrogen-bond donors (Lipinski definition) is 2. The van der Waals surface area contributed by atoms with E-state index in [9.17, 15) is 14.4 Å². The molecule has 0 spiro atoms. The number of amides is 2. The summed E-state index contributed by atoms with van der Waals surface area (Å²) >= 11 is 4.01. The second-order valence-corrected chi connectivity index (χ2v) is 10.1. The minimum Gasteiger partial charge on any atom is -0.462 e. The molecule has 178 valence electrons. The van der Waals surface area contributed by atoms with Crippen molar-refractivity contribution in [2.24, 2.45) is 0 Å². The number of anilines is 2. The fourth-order valence-corrected chi connectivity index (χ4v) is 5.61. The second-order valence-electron chi connectivity index (χ2n) is 7.24. The number of carbonyl (C=O) groups excluding carboxylic acids is 3.